The second-order valence-electron chi connectivity index (χ2n) is 8.47. The van der Waals surface area contributed by atoms with E-state index in [1.165, 1.54) is 37.5 Å². The summed E-state index contributed by atoms with van der Waals surface area (Å²) in [6, 6.07) is 35.6. The quantitative estimate of drug-likeness (QED) is 0.361. The summed E-state index contributed by atoms with van der Waals surface area (Å²) in [6.45, 7) is 0. The van der Waals surface area contributed by atoms with Crippen LogP contribution < -0.4 is 21.2 Å². The summed E-state index contributed by atoms with van der Waals surface area (Å²) in [5, 5.41) is 7.96. The zero-order chi connectivity index (χ0) is 22.4. The smallest absolute Gasteiger partial charge is 0.145 e. The van der Waals surface area contributed by atoms with Gasteiger partial charge < -0.3 is 9.13 Å². The lowest BCUT2D eigenvalue weighted by Gasteiger charge is -2.28. The van der Waals surface area contributed by atoms with Crippen molar-refractivity contribution in [3.8, 4) is 0 Å². The molecule has 3 heterocycles. The molecule has 3 aromatic carbocycles. The molecule has 0 spiro atoms. The number of rotatable bonds is 4. The molecule has 6 rings (SSSR count). The SMILES string of the molecule is Cn1ccc2c([P+](c3ccccc3)(c3ccccc3)c3ccnc4c3ccn4C)cccc21. The predicted octanol–water partition coefficient (Wildman–Crippen LogP) is 4.68. The van der Waals surface area contributed by atoms with E-state index in [1.807, 2.05) is 6.20 Å². The molecule has 0 N–H and O–H groups in total. The lowest BCUT2D eigenvalue weighted by Crippen LogP contribution is -2.39. The average molecular weight is 447 g/mol. The van der Waals surface area contributed by atoms with Gasteiger partial charge in [-0.2, -0.15) is 0 Å². The molecule has 3 nitrogen and oxygen atoms in total. The van der Waals surface area contributed by atoms with Crippen molar-refractivity contribution in [2.75, 3.05) is 0 Å². The second kappa shape index (κ2) is 7.72. The van der Waals surface area contributed by atoms with E-state index in [0.29, 0.717) is 0 Å². The molecular weight excluding hydrogens is 421 g/mol. The zero-order valence-corrected chi connectivity index (χ0v) is 19.7. The number of fused-ring (bicyclic) bond motifs is 2. The van der Waals surface area contributed by atoms with Gasteiger partial charge in [0.25, 0.3) is 0 Å². The summed E-state index contributed by atoms with van der Waals surface area (Å²) in [6.07, 6.45) is 6.27. The van der Waals surface area contributed by atoms with Gasteiger partial charge in [-0.1, -0.05) is 42.5 Å². The Morgan fingerprint density at radius 2 is 1.18 bits per heavy atom. The third kappa shape index (κ3) is 2.90. The van der Waals surface area contributed by atoms with Crippen LogP contribution in [-0.4, -0.2) is 14.1 Å². The van der Waals surface area contributed by atoms with Crippen LogP contribution in [0.3, 0.4) is 0 Å². The molecule has 0 amide bonds. The molecule has 0 unspecified atom stereocenters. The van der Waals surface area contributed by atoms with E-state index in [0.717, 1.165) is 5.65 Å². The van der Waals surface area contributed by atoms with Crippen molar-refractivity contribution < 1.29 is 0 Å². The Balaban J connectivity index is 1.87. The van der Waals surface area contributed by atoms with Gasteiger partial charge in [-0.25, -0.2) is 4.98 Å². The predicted molar refractivity (Wildman–Crippen MR) is 142 cm³/mol. The van der Waals surface area contributed by atoms with Crippen molar-refractivity contribution in [3.63, 3.8) is 0 Å². The van der Waals surface area contributed by atoms with Gasteiger partial charge in [0.1, 0.15) is 34.1 Å². The highest BCUT2D eigenvalue weighted by atomic mass is 31.2. The van der Waals surface area contributed by atoms with Crippen LogP contribution >= 0.6 is 7.26 Å². The molecule has 0 aliphatic rings. The van der Waals surface area contributed by atoms with Crippen LogP contribution in [-0.2, 0) is 14.1 Å². The molecule has 3 aromatic heterocycles. The Kier molecular flexibility index (Phi) is 4.67. The van der Waals surface area contributed by atoms with Gasteiger partial charge in [0, 0.05) is 44.1 Å². The molecule has 0 saturated heterocycles. The molecule has 160 valence electrons. The summed E-state index contributed by atoms with van der Waals surface area (Å²) in [7, 11) is 1.96. The third-order valence-electron chi connectivity index (χ3n) is 6.66. The minimum absolute atomic E-state index is 1.02. The van der Waals surface area contributed by atoms with Gasteiger partial charge in [-0.15, -0.1) is 0 Å². The number of aromatic nitrogens is 3. The van der Waals surface area contributed by atoms with Crippen molar-refractivity contribution in [2.45, 2.75) is 0 Å². The van der Waals surface area contributed by atoms with Crippen LogP contribution in [0.2, 0.25) is 0 Å². The van der Waals surface area contributed by atoms with Crippen molar-refractivity contribution in [1.29, 1.82) is 0 Å². The van der Waals surface area contributed by atoms with Crippen molar-refractivity contribution in [2.24, 2.45) is 14.1 Å². The van der Waals surface area contributed by atoms with Crippen molar-refractivity contribution in [3.05, 3.63) is 116 Å². The van der Waals surface area contributed by atoms with Gasteiger partial charge in [0.05, 0.1) is 10.9 Å². The van der Waals surface area contributed by atoms with Crippen LogP contribution in [0.5, 0.6) is 0 Å². The summed E-state index contributed by atoms with van der Waals surface area (Å²) in [5.74, 6) is 0. The van der Waals surface area contributed by atoms with Gasteiger partial charge in [0.15, 0.2) is 0 Å². The maximum atomic E-state index is 4.74. The Labute approximate surface area is 194 Å². The number of nitrogens with zero attached hydrogens (tertiary/aromatic N) is 3. The highest BCUT2D eigenvalue weighted by Gasteiger charge is 2.50. The monoisotopic (exact) mass is 446 g/mol. The molecule has 0 atom stereocenters. The first-order valence-electron chi connectivity index (χ1n) is 11.2. The lowest BCUT2D eigenvalue weighted by atomic mass is 10.2. The number of pyridine rings is 1. The fraction of sp³-hybridized carbons (Fsp3) is 0.0690. The number of hydrogen-bond acceptors (Lipinski definition) is 1. The van der Waals surface area contributed by atoms with E-state index < -0.39 is 7.26 Å². The second-order valence-corrected chi connectivity index (χ2v) is 11.8. The molecule has 0 bridgehead atoms. The Morgan fingerprint density at radius 3 is 1.88 bits per heavy atom. The van der Waals surface area contributed by atoms with Crippen LogP contribution in [0.15, 0.2) is 116 Å². The van der Waals surface area contributed by atoms with E-state index in [-0.39, 0.29) is 0 Å². The Hall–Kier alpha value is -3.68. The van der Waals surface area contributed by atoms with Crippen LogP contribution in [0, 0.1) is 0 Å². The average Bonchev–Trinajstić information content (AvgIpc) is 3.45. The summed E-state index contributed by atoms with van der Waals surface area (Å²) in [5.41, 5.74) is 2.27. The molecule has 0 aliphatic carbocycles. The van der Waals surface area contributed by atoms with E-state index in [4.69, 9.17) is 4.98 Å². The number of benzene rings is 3. The van der Waals surface area contributed by atoms with Crippen LogP contribution in [0.1, 0.15) is 0 Å². The Morgan fingerprint density at radius 1 is 0.576 bits per heavy atom. The number of aryl methyl sites for hydroxylation is 2. The Bertz CT molecular complexity index is 1460. The lowest BCUT2D eigenvalue weighted by molar-refractivity contribution is 0.949. The van der Waals surface area contributed by atoms with E-state index in [1.54, 1.807) is 0 Å². The van der Waals surface area contributed by atoms with Gasteiger partial charge in [0.2, 0.25) is 0 Å². The van der Waals surface area contributed by atoms with Crippen molar-refractivity contribution >= 4 is 50.4 Å². The first kappa shape index (κ1) is 20.0. The zero-order valence-electron chi connectivity index (χ0n) is 18.8. The maximum absolute atomic E-state index is 4.74. The molecule has 0 fully saturated rings. The fourth-order valence-electron chi connectivity index (χ4n) is 5.16. The molecule has 0 aliphatic heterocycles. The topological polar surface area (TPSA) is 22.8 Å². The number of hydrogen-bond donors (Lipinski definition) is 0. The van der Waals surface area contributed by atoms with Gasteiger partial charge >= 0.3 is 0 Å². The molecule has 0 radical (unpaired) electrons. The van der Waals surface area contributed by atoms with Crippen LogP contribution in [0.4, 0.5) is 0 Å². The molecule has 0 saturated carbocycles. The molecule has 33 heavy (non-hydrogen) atoms. The van der Waals surface area contributed by atoms with Crippen molar-refractivity contribution in [1.82, 2.24) is 14.1 Å². The fourth-order valence-corrected chi connectivity index (χ4v) is 9.76. The van der Waals surface area contributed by atoms with E-state index >= 15 is 0 Å². The molecule has 6 aromatic rings. The van der Waals surface area contributed by atoms with Gasteiger partial charge in [-0.05, 0) is 48.5 Å². The molecular formula is C29H25N3P+. The summed E-state index contributed by atoms with van der Waals surface area (Å²) < 4.78 is 4.33. The largest absolute Gasteiger partial charge is 0.350 e. The third-order valence-corrected chi connectivity index (χ3v) is 11.0. The van der Waals surface area contributed by atoms with E-state index in [2.05, 4.69) is 133 Å². The molecule has 4 heteroatoms. The standard InChI is InChI=1S/C29H25N3P/c1-31-20-17-24-26(31)14-9-15-27(24)33(22-10-5-3-6-11-22,23-12-7-4-8-13-23)28-16-19-30-29-25(28)18-21-32(29)2/h3-21H,1-2H3/q+1. The first-order chi connectivity index (χ1) is 16.2. The van der Waals surface area contributed by atoms with Gasteiger partial charge in [-0.3, -0.25) is 0 Å². The minimum Gasteiger partial charge on any atom is -0.350 e. The normalized spacial score (nSPS) is 11.9. The maximum Gasteiger partial charge on any atom is 0.145 e. The first-order valence-corrected chi connectivity index (χ1v) is 13.0. The highest BCUT2D eigenvalue weighted by molar-refractivity contribution is 8.02. The highest BCUT2D eigenvalue weighted by Crippen LogP contribution is 2.56. The van der Waals surface area contributed by atoms with E-state index in [9.17, 15) is 0 Å². The summed E-state index contributed by atoms with van der Waals surface area (Å²) >= 11 is 0. The summed E-state index contributed by atoms with van der Waals surface area (Å²) in [4.78, 5) is 4.74. The van der Waals surface area contributed by atoms with Crippen LogP contribution in [0.25, 0.3) is 21.9 Å². The minimum atomic E-state index is -2.24.